The number of halogens is 1. The lowest BCUT2D eigenvalue weighted by molar-refractivity contribution is -0.497. The Morgan fingerprint density at radius 2 is 2.04 bits per heavy atom. The number of carbonyl (C=O) groups excluding carboxylic acids is 1. The number of anilines is 1. The average molecular weight is 390 g/mol. The number of hydrogen-bond donors (Lipinski definition) is 1. The molecule has 0 spiro atoms. The van der Waals surface area contributed by atoms with Gasteiger partial charge in [-0.1, -0.05) is 11.6 Å². The van der Waals surface area contributed by atoms with Gasteiger partial charge in [0.15, 0.2) is 0 Å². The second-order valence-electron chi connectivity index (χ2n) is 5.85. The SMILES string of the molecule is O=C(Nc1ccc(Cl)c(S(=O)(=O)N2CCOCC2)c1)C1CC1[N+](=O)[O-]. The Morgan fingerprint density at radius 3 is 2.64 bits per heavy atom. The molecular weight excluding hydrogens is 374 g/mol. The molecule has 9 nitrogen and oxygen atoms in total. The van der Waals surface area contributed by atoms with Crippen LogP contribution in [0.5, 0.6) is 0 Å². The van der Waals surface area contributed by atoms with E-state index in [1.807, 2.05) is 0 Å². The van der Waals surface area contributed by atoms with Crippen LogP contribution in [0.2, 0.25) is 5.02 Å². The van der Waals surface area contributed by atoms with Gasteiger partial charge in [-0.3, -0.25) is 14.9 Å². The minimum Gasteiger partial charge on any atom is -0.379 e. The zero-order valence-electron chi connectivity index (χ0n) is 13.1. The second kappa shape index (κ2) is 6.87. The topological polar surface area (TPSA) is 119 Å². The largest absolute Gasteiger partial charge is 0.379 e. The molecule has 1 amide bonds. The van der Waals surface area contributed by atoms with Gasteiger partial charge in [0.05, 0.1) is 18.2 Å². The van der Waals surface area contributed by atoms with E-state index in [1.165, 1.54) is 22.5 Å². The van der Waals surface area contributed by atoms with E-state index in [-0.39, 0.29) is 35.1 Å². The molecule has 0 bridgehead atoms. The number of hydrogen-bond acceptors (Lipinski definition) is 6. The molecule has 1 heterocycles. The molecule has 2 fully saturated rings. The van der Waals surface area contributed by atoms with Crippen molar-refractivity contribution in [3.63, 3.8) is 0 Å². The summed E-state index contributed by atoms with van der Waals surface area (Å²) in [6.07, 6.45) is 0.186. The summed E-state index contributed by atoms with van der Waals surface area (Å²) >= 11 is 6.04. The predicted octanol–water partition coefficient (Wildman–Crippen LogP) is 0.965. The monoisotopic (exact) mass is 389 g/mol. The van der Waals surface area contributed by atoms with Gasteiger partial charge in [0.1, 0.15) is 10.8 Å². The molecule has 1 saturated carbocycles. The molecule has 0 aromatic heterocycles. The maximum atomic E-state index is 12.7. The molecule has 1 aliphatic heterocycles. The van der Waals surface area contributed by atoms with Crippen molar-refractivity contribution in [1.82, 2.24) is 4.31 Å². The first-order chi connectivity index (χ1) is 11.8. The highest BCUT2D eigenvalue weighted by Crippen LogP contribution is 2.35. The van der Waals surface area contributed by atoms with Crippen LogP contribution in [-0.4, -0.2) is 55.9 Å². The fourth-order valence-electron chi connectivity index (χ4n) is 2.64. The quantitative estimate of drug-likeness (QED) is 0.591. The van der Waals surface area contributed by atoms with Crippen molar-refractivity contribution in [1.29, 1.82) is 0 Å². The molecule has 3 rings (SSSR count). The number of nitrogens with zero attached hydrogens (tertiary/aromatic N) is 2. The Bertz CT molecular complexity index is 809. The van der Waals surface area contributed by atoms with Crippen LogP contribution in [0.15, 0.2) is 23.1 Å². The predicted molar refractivity (Wildman–Crippen MR) is 88.5 cm³/mol. The summed E-state index contributed by atoms with van der Waals surface area (Å²) in [5.41, 5.74) is 0.232. The van der Waals surface area contributed by atoms with Crippen LogP contribution in [0.1, 0.15) is 6.42 Å². The van der Waals surface area contributed by atoms with E-state index in [0.717, 1.165) is 0 Å². The Kier molecular flexibility index (Phi) is 4.96. The molecule has 136 valence electrons. The zero-order chi connectivity index (χ0) is 18.2. The van der Waals surface area contributed by atoms with Crippen LogP contribution in [0.4, 0.5) is 5.69 Å². The first-order valence-corrected chi connectivity index (χ1v) is 9.44. The molecule has 25 heavy (non-hydrogen) atoms. The second-order valence-corrected chi connectivity index (χ2v) is 8.16. The summed E-state index contributed by atoms with van der Waals surface area (Å²) in [5, 5.41) is 13.2. The number of nitro groups is 1. The van der Waals surface area contributed by atoms with Crippen molar-refractivity contribution in [3.05, 3.63) is 33.3 Å². The fraction of sp³-hybridized carbons (Fsp3) is 0.500. The maximum absolute atomic E-state index is 12.7. The van der Waals surface area contributed by atoms with Gasteiger partial charge >= 0.3 is 0 Å². The minimum atomic E-state index is -3.82. The highest BCUT2D eigenvalue weighted by atomic mass is 35.5. The van der Waals surface area contributed by atoms with Crippen LogP contribution >= 0.6 is 11.6 Å². The summed E-state index contributed by atoms with van der Waals surface area (Å²) in [4.78, 5) is 22.1. The van der Waals surface area contributed by atoms with E-state index in [9.17, 15) is 23.3 Å². The maximum Gasteiger partial charge on any atom is 0.244 e. The van der Waals surface area contributed by atoms with Crippen molar-refractivity contribution < 1.29 is 22.9 Å². The number of ether oxygens (including phenoxy) is 1. The molecular formula is C14H16ClN3O6S. The van der Waals surface area contributed by atoms with Gasteiger partial charge in [-0.05, 0) is 18.2 Å². The third-order valence-corrected chi connectivity index (χ3v) is 6.53. The van der Waals surface area contributed by atoms with Crippen LogP contribution < -0.4 is 5.32 Å². The molecule has 1 N–H and O–H groups in total. The first kappa shape index (κ1) is 18.1. The minimum absolute atomic E-state index is 0.0408. The molecule has 1 aliphatic carbocycles. The van der Waals surface area contributed by atoms with E-state index in [2.05, 4.69) is 5.32 Å². The number of morpholine rings is 1. The van der Waals surface area contributed by atoms with E-state index in [1.54, 1.807) is 0 Å². The molecule has 2 aliphatic rings. The number of rotatable bonds is 5. The standard InChI is InChI=1S/C14H16ClN3O6S/c15-11-2-1-9(16-14(19)10-8-12(10)18(20)21)7-13(11)25(22,23)17-3-5-24-6-4-17/h1-2,7,10,12H,3-6,8H2,(H,16,19). The first-order valence-electron chi connectivity index (χ1n) is 7.62. The van der Waals surface area contributed by atoms with Gasteiger partial charge in [0.2, 0.25) is 22.0 Å². The van der Waals surface area contributed by atoms with Crippen molar-refractivity contribution in [2.45, 2.75) is 17.4 Å². The third-order valence-electron chi connectivity index (χ3n) is 4.15. The van der Waals surface area contributed by atoms with E-state index in [4.69, 9.17) is 16.3 Å². The van der Waals surface area contributed by atoms with Gasteiger partial charge in [0, 0.05) is 30.1 Å². The van der Waals surface area contributed by atoms with Crippen LogP contribution in [0, 0.1) is 16.0 Å². The molecule has 2 unspecified atom stereocenters. The van der Waals surface area contributed by atoms with Crippen molar-refractivity contribution in [2.75, 3.05) is 31.6 Å². The molecule has 2 atom stereocenters. The average Bonchev–Trinajstić information content (AvgIpc) is 3.38. The Labute approximate surface area is 149 Å². The molecule has 1 saturated heterocycles. The molecule has 1 aromatic carbocycles. The summed E-state index contributed by atoms with van der Waals surface area (Å²) in [6, 6.07) is 3.24. The zero-order valence-corrected chi connectivity index (χ0v) is 14.6. The summed E-state index contributed by atoms with van der Waals surface area (Å²) in [6.45, 7) is 1.05. The number of carbonyl (C=O) groups is 1. The normalized spacial score (nSPS) is 23.9. The van der Waals surface area contributed by atoms with Gasteiger partial charge in [0.25, 0.3) is 0 Å². The summed E-state index contributed by atoms with van der Waals surface area (Å²) < 4.78 is 31.9. The Balaban J connectivity index is 1.79. The lowest BCUT2D eigenvalue weighted by Crippen LogP contribution is -2.40. The number of sulfonamides is 1. The lowest BCUT2D eigenvalue weighted by Gasteiger charge is -2.26. The van der Waals surface area contributed by atoms with E-state index < -0.39 is 32.8 Å². The van der Waals surface area contributed by atoms with E-state index >= 15 is 0 Å². The third kappa shape index (κ3) is 3.76. The highest BCUT2D eigenvalue weighted by Gasteiger charge is 2.53. The van der Waals surface area contributed by atoms with Crippen molar-refractivity contribution in [3.8, 4) is 0 Å². The molecule has 0 radical (unpaired) electrons. The lowest BCUT2D eigenvalue weighted by atomic mass is 10.3. The van der Waals surface area contributed by atoms with Gasteiger partial charge < -0.3 is 10.1 Å². The van der Waals surface area contributed by atoms with Crippen molar-refractivity contribution >= 4 is 33.2 Å². The van der Waals surface area contributed by atoms with E-state index in [0.29, 0.717) is 13.2 Å². The Morgan fingerprint density at radius 1 is 1.36 bits per heavy atom. The van der Waals surface area contributed by atoms with Gasteiger partial charge in [-0.15, -0.1) is 0 Å². The smallest absolute Gasteiger partial charge is 0.244 e. The van der Waals surface area contributed by atoms with Crippen LogP contribution in [0.25, 0.3) is 0 Å². The fourth-order valence-corrected chi connectivity index (χ4v) is 4.54. The summed E-state index contributed by atoms with van der Waals surface area (Å²) in [7, 11) is -3.82. The number of benzene rings is 1. The summed E-state index contributed by atoms with van der Waals surface area (Å²) in [5.74, 6) is -1.19. The van der Waals surface area contributed by atoms with Crippen LogP contribution in [0.3, 0.4) is 0 Å². The number of nitrogens with one attached hydrogen (secondary N) is 1. The highest BCUT2D eigenvalue weighted by molar-refractivity contribution is 7.89. The molecule has 11 heteroatoms. The Hall–Kier alpha value is -1.75. The molecule has 1 aromatic rings. The van der Waals surface area contributed by atoms with Gasteiger partial charge in [-0.25, -0.2) is 8.42 Å². The number of amides is 1. The van der Waals surface area contributed by atoms with Gasteiger partial charge in [-0.2, -0.15) is 4.31 Å². The van der Waals surface area contributed by atoms with Crippen molar-refractivity contribution in [2.24, 2.45) is 5.92 Å². The van der Waals surface area contributed by atoms with Crippen LogP contribution in [-0.2, 0) is 19.6 Å².